The minimum absolute atomic E-state index is 0.172. The van der Waals surface area contributed by atoms with Crippen LogP contribution in [-0.2, 0) is 9.59 Å². The van der Waals surface area contributed by atoms with Crippen LogP contribution < -0.4 is 4.90 Å². The molecule has 0 atom stereocenters. The summed E-state index contributed by atoms with van der Waals surface area (Å²) in [7, 11) is 0. The lowest BCUT2D eigenvalue weighted by molar-refractivity contribution is -0.119. The Balaban J connectivity index is 2.17. The Bertz CT molecular complexity index is 554. The Hall–Kier alpha value is -1.49. The first-order chi connectivity index (χ1) is 9.06. The van der Waals surface area contributed by atoms with Gasteiger partial charge in [0.15, 0.2) is 0 Å². The molecule has 0 bridgehead atoms. The number of hydrogen-bond acceptors (Lipinski definition) is 3. The van der Waals surface area contributed by atoms with E-state index < -0.39 is 11.7 Å². The van der Waals surface area contributed by atoms with E-state index in [0.29, 0.717) is 37.1 Å². The molecule has 4 nitrogen and oxygen atoms in total. The van der Waals surface area contributed by atoms with Gasteiger partial charge in [-0.15, -0.1) is 0 Å². The molecule has 0 aromatic heterocycles. The van der Waals surface area contributed by atoms with Crippen LogP contribution in [0.15, 0.2) is 22.7 Å². The number of carbonyl (C=O) groups is 3. The molecule has 1 heterocycles. The number of benzene rings is 1. The number of carbonyl (C=O) groups excluding carboxylic acids is 3. The van der Waals surface area contributed by atoms with Crippen LogP contribution in [-0.4, -0.2) is 24.0 Å². The molecule has 100 valence electrons. The van der Waals surface area contributed by atoms with E-state index in [0.717, 1.165) is 4.47 Å². The zero-order valence-corrected chi connectivity index (χ0v) is 12.2. The van der Waals surface area contributed by atoms with E-state index in [4.69, 9.17) is 0 Å². The molecule has 1 amide bonds. The van der Waals surface area contributed by atoms with Crippen molar-refractivity contribution in [3.63, 3.8) is 0 Å². The number of amides is 1. The highest BCUT2D eigenvalue weighted by atomic mass is 79.9. The number of halogens is 1. The van der Waals surface area contributed by atoms with Gasteiger partial charge in [-0.05, 0) is 34.5 Å². The van der Waals surface area contributed by atoms with E-state index >= 15 is 0 Å². The van der Waals surface area contributed by atoms with Crippen molar-refractivity contribution >= 4 is 39.1 Å². The first kappa shape index (κ1) is 13.9. The smallest absolute Gasteiger partial charge is 0.299 e. The normalized spacial score (nSPS) is 13.9. The van der Waals surface area contributed by atoms with Crippen LogP contribution in [0.25, 0.3) is 0 Å². The molecule has 0 saturated carbocycles. The summed E-state index contributed by atoms with van der Waals surface area (Å²) in [6.07, 6.45) is 1.52. The molecule has 1 aliphatic heterocycles. The van der Waals surface area contributed by atoms with Gasteiger partial charge in [0.1, 0.15) is 5.78 Å². The maximum absolute atomic E-state index is 11.9. The van der Waals surface area contributed by atoms with Crippen molar-refractivity contribution in [2.24, 2.45) is 0 Å². The van der Waals surface area contributed by atoms with Crippen molar-refractivity contribution in [3.8, 4) is 0 Å². The number of ketones is 2. The predicted molar refractivity (Wildman–Crippen MR) is 75.4 cm³/mol. The summed E-state index contributed by atoms with van der Waals surface area (Å²) in [6.45, 7) is 2.21. The molecule has 1 aliphatic rings. The minimum Gasteiger partial charge on any atom is -0.304 e. The quantitative estimate of drug-likeness (QED) is 0.783. The largest absolute Gasteiger partial charge is 0.304 e. The fourth-order valence-corrected chi connectivity index (χ4v) is 2.72. The van der Waals surface area contributed by atoms with Crippen LogP contribution in [0.3, 0.4) is 0 Å². The van der Waals surface area contributed by atoms with E-state index in [-0.39, 0.29) is 5.78 Å². The lowest BCUT2D eigenvalue weighted by Gasteiger charge is -2.17. The maximum atomic E-state index is 11.9. The van der Waals surface area contributed by atoms with E-state index in [9.17, 15) is 14.4 Å². The second-order valence-electron chi connectivity index (χ2n) is 4.42. The third kappa shape index (κ3) is 2.61. The van der Waals surface area contributed by atoms with Gasteiger partial charge in [-0.1, -0.05) is 13.0 Å². The number of anilines is 1. The number of fused-ring (bicyclic) bond motifs is 1. The molecule has 0 N–H and O–H groups in total. The molecule has 1 aromatic rings. The predicted octanol–water partition coefficient (Wildman–Crippen LogP) is 2.74. The van der Waals surface area contributed by atoms with Gasteiger partial charge in [-0.3, -0.25) is 14.4 Å². The van der Waals surface area contributed by atoms with Gasteiger partial charge in [0.2, 0.25) is 0 Å². The Kier molecular flexibility index (Phi) is 4.14. The third-order valence-electron chi connectivity index (χ3n) is 3.17. The molecule has 19 heavy (non-hydrogen) atoms. The van der Waals surface area contributed by atoms with Gasteiger partial charge >= 0.3 is 0 Å². The first-order valence-electron chi connectivity index (χ1n) is 6.22. The van der Waals surface area contributed by atoms with Gasteiger partial charge in [-0.25, -0.2) is 0 Å². The first-order valence-corrected chi connectivity index (χ1v) is 7.02. The van der Waals surface area contributed by atoms with Gasteiger partial charge in [0.05, 0.1) is 11.3 Å². The summed E-state index contributed by atoms with van der Waals surface area (Å²) in [5.41, 5.74) is 1.06. The van der Waals surface area contributed by atoms with Gasteiger partial charge in [0, 0.05) is 23.9 Å². The standard InChI is InChI=1S/C14H14BrNO3/c1-2-9(17)5-4-8-16-12-10(13(18)14(16)19)6-3-7-11(12)15/h3,6-7H,2,4-5,8H2,1H3. The number of nitrogens with zero attached hydrogens (tertiary/aromatic N) is 1. The molecule has 1 aromatic carbocycles. The molecule has 0 fully saturated rings. The third-order valence-corrected chi connectivity index (χ3v) is 3.81. The average Bonchev–Trinajstić information content (AvgIpc) is 2.65. The SMILES string of the molecule is CCC(=O)CCCN1C(=O)C(=O)c2cccc(Br)c21. The van der Waals surface area contributed by atoms with Crippen LogP contribution >= 0.6 is 15.9 Å². The lowest BCUT2D eigenvalue weighted by atomic mass is 10.1. The highest BCUT2D eigenvalue weighted by Crippen LogP contribution is 2.35. The summed E-state index contributed by atoms with van der Waals surface area (Å²) in [4.78, 5) is 36.5. The molecule has 0 spiro atoms. The van der Waals surface area contributed by atoms with Gasteiger partial charge in [0.25, 0.3) is 11.7 Å². The molecule has 0 radical (unpaired) electrons. The van der Waals surface area contributed by atoms with Crippen LogP contribution in [0.4, 0.5) is 5.69 Å². The fraction of sp³-hybridized carbons (Fsp3) is 0.357. The highest BCUT2D eigenvalue weighted by Gasteiger charge is 2.36. The van der Waals surface area contributed by atoms with Crippen LogP contribution in [0.2, 0.25) is 0 Å². The second kappa shape index (κ2) is 5.65. The topological polar surface area (TPSA) is 54.5 Å². The fourth-order valence-electron chi connectivity index (χ4n) is 2.14. The monoisotopic (exact) mass is 323 g/mol. The Morgan fingerprint density at radius 1 is 1.32 bits per heavy atom. The van der Waals surface area contributed by atoms with E-state index in [1.165, 1.54) is 4.90 Å². The molecular weight excluding hydrogens is 310 g/mol. The number of hydrogen-bond donors (Lipinski definition) is 0. The summed E-state index contributed by atoms with van der Waals surface area (Å²) in [5, 5.41) is 0. The van der Waals surface area contributed by atoms with Crippen molar-refractivity contribution in [1.82, 2.24) is 0 Å². The second-order valence-corrected chi connectivity index (χ2v) is 5.27. The van der Waals surface area contributed by atoms with E-state index in [2.05, 4.69) is 15.9 Å². The van der Waals surface area contributed by atoms with Crippen molar-refractivity contribution in [1.29, 1.82) is 0 Å². The van der Waals surface area contributed by atoms with Crippen LogP contribution in [0, 0.1) is 0 Å². The lowest BCUT2D eigenvalue weighted by Crippen LogP contribution is -2.31. The number of para-hydroxylation sites is 1. The Morgan fingerprint density at radius 3 is 2.74 bits per heavy atom. The van der Waals surface area contributed by atoms with Crippen molar-refractivity contribution in [2.75, 3.05) is 11.4 Å². The van der Waals surface area contributed by atoms with E-state index in [1.807, 2.05) is 6.92 Å². The van der Waals surface area contributed by atoms with Crippen LogP contribution in [0.5, 0.6) is 0 Å². The van der Waals surface area contributed by atoms with Gasteiger partial charge in [-0.2, -0.15) is 0 Å². The summed E-state index contributed by atoms with van der Waals surface area (Å²) in [5.74, 6) is -0.811. The van der Waals surface area contributed by atoms with Crippen molar-refractivity contribution in [3.05, 3.63) is 28.2 Å². The molecule has 0 saturated heterocycles. The number of rotatable bonds is 5. The average molecular weight is 324 g/mol. The van der Waals surface area contributed by atoms with Crippen LogP contribution in [0.1, 0.15) is 36.5 Å². The molecule has 0 unspecified atom stereocenters. The highest BCUT2D eigenvalue weighted by molar-refractivity contribution is 9.10. The maximum Gasteiger partial charge on any atom is 0.299 e. The van der Waals surface area contributed by atoms with E-state index in [1.54, 1.807) is 18.2 Å². The molecule has 2 rings (SSSR count). The molecule has 5 heteroatoms. The number of Topliss-reactive ketones (excluding diaryl/α,β-unsaturated/α-hetero) is 2. The van der Waals surface area contributed by atoms with Crippen molar-refractivity contribution < 1.29 is 14.4 Å². The van der Waals surface area contributed by atoms with Crippen molar-refractivity contribution in [2.45, 2.75) is 26.2 Å². The minimum atomic E-state index is -0.508. The zero-order chi connectivity index (χ0) is 14.0. The Morgan fingerprint density at radius 2 is 2.05 bits per heavy atom. The van der Waals surface area contributed by atoms with Gasteiger partial charge < -0.3 is 4.90 Å². The zero-order valence-electron chi connectivity index (χ0n) is 10.6. The summed E-state index contributed by atoms with van der Waals surface area (Å²) >= 11 is 3.36. The molecular formula is C14H14BrNO3. The summed E-state index contributed by atoms with van der Waals surface area (Å²) < 4.78 is 0.728. The summed E-state index contributed by atoms with van der Waals surface area (Å²) in [6, 6.07) is 5.19. The molecule has 0 aliphatic carbocycles. The Labute approximate surface area is 119 Å².